The Hall–Kier alpha value is -3.62. The van der Waals surface area contributed by atoms with Gasteiger partial charge in [-0.25, -0.2) is 8.78 Å². The molecule has 1 heterocycles. The van der Waals surface area contributed by atoms with E-state index in [1.165, 1.54) is 24.3 Å². The van der Waals surface area contributed by atoms with Gasteiger partial charge in [-0.1, -0.05) is 67.4 Å². The van der Waals surface area contributed by atoms with Crippen molar-refractivity contribution >= 4 is 0 Å². The van der Waals surface area contributed by atoms with E-state index in [4.69, 9.17) is 9.72 Å². The Bertz CT molecular complexity index is 1580. The zero-order valence-electron chi connectivity index (χ0n) is 24.9. The molecule has 2 aliphatic carbocycles. The first kappa shape index (κ1) is 31.4. The summed E-state index contributed by atoms with van der Waals surface area (Å²) in [4.78, 5) is 5.15. The number of hydrogen-bond acceptors (Lipinski definition) is 3. The van der Waals surface area contributed by atoms with Crippen molar-refractivity contribution in [2.75, 3.05) is 6.61 Å². The Morgan fingerprint density at radius 2 is 1.60 bits per heavy atom. The number of rotatable bonds is 9. The number of alkyl halides is 4. The van der Waals surface area contributed by atoms with E-state index in [1.54, 1.807) is 12.1 Å². The second-order valence-corrected chi connectivity index (χ2v) is 12.3. The topological polar surface area (TPSA) is 42.4 Å². The van der Waals surface area contributed by atoms with Crippen LogP contribution < -0.4 is 0 Å². The molecule has 3 aromatic carbocycles. The second kappa shape index (κ2) is 13.4. The highest BCUT2D eigenvalue weighted by Crippen LogP contribution is 2.47. The number of aliphatic hydroxyl groups excluding tert-OH is 1. The van der Waals surface area contributed by atoms with E-state index in [0.717, 1.165) is 54.8 Å². The first-order chi connectivity index (χ1) is 21.7. The van der Waals surface area contributed by atoms with Crippen molar-refractivity contribution in [3.05, 3.63) is 124 Å². The van der Waals surface area contributed by atoms with Crippen LogP contribution >= 0.6 is 0 Å². The van der Waals surface area contributed by atoms with Crippen molar-refractivity contribution in [2.45, 2.75) is 75.9 Å². The molecule has 1 saturated carbocycles. The molecule has 1 fully saturated rings. The number of fused-ring (bicyclic) bond motifs is 1. The number of aromatic nitrogens is 1. The largest absolute Gasteiger partial charge is 0.416 e. The van der Waals surface area contributed by atoms with Crippen molar-refractivity contribution in [3.8, 4) is 11.1 Å². The van der Waals surface area contributed by atoms with Crippen molar-refractivity contribution < 1.29 is 31.8 Å². The van der Waals surface area contributed by atoms with Gasteiger partial charge >= 0.3 is 6.18 Å². The molecule has 0 bridgehead atoms. The molecule has 3 nitrogen and oxygen atoms in total. The van der Waals surface area contributed by atoms with Crippen LogP contribution in [0.25, 0.3) is 11.1 Å². The molecule has 0 amide bonds. The Morgan fingerprint density at radius 1 is 0.911 bits per heavy atom. The van der Waals surface area contributed by atoms with Crippen LogP contribution in [0.4, 0.5) is 22.0 Å². The van der Waals surface area contributed by atoms with Gasteiger partial charge in [0.15, 0.2) is 0 Å². The van der Waals surface area contributed by atoms with Crippen molar-refractivity contribution in [3.63, 3.8) is 0 Å². The lowest BCUT2D eigenvalue weighted by Crippen LogP contribution is -2.26. The number of pyridine rings is 1. The predicted octanol–water partition coefficient (Wildman–Crippen LogP) is 9.63. The molecule has 45 heavy (non-hydrogen) atoms. The van der Waals surface area contributed by atoms with Crippen LogP contribution in [0.2, 0.25) is 0 Å². The summed E-state index contributed by atoms with van der Waals surface area (Å²) in [6.07, 6.45) is -2.31. The minimum Gasteiger partial charge on any atom is -0.388 e. The number of benzene rings is 3. The summed E-state index contributed by atoms with van der Waals surface area (Å²) >= 11 is 0. The van der Waals surface area contributed by atoms with Crippen LogP contribution in [-0.2, 0) is 30.4 Å². The summed E-state index contributed by atoms with van der Waals surface area (Å²) in [6.45, 7) is 0.905. The normalized spacial score (nSPS) is 19.4. The van der Waals surface area contributed by atoms with Gasteiger partial charge in [0, 0.05) is 29.3 Å². The monoisotopic (exact) mass is 621 g/mol. The third-order valence-corrected chi connectivity index (χ3v) is 9.14. The van der Waals surface area contributed by atoms with Gasteiger partial charge < -0.3 is 9.84 Å². The summed E-state index contributed by atoms with van der Waals surface area (Å²) in [5.74, 6) is -0.298. The molecular weight excluding hydrogens is 585 g/mol. The Kier molecular flexibility index (Phi) is 9.33. The maximum atomic E-state index is 16.1. The van der Waals surface area contributed by atoms with Crippen LogP contribution in [0.5, 0.6) is 0 Å². The highest BCUT2D eigenvalue weighted by atomic mass is 19.4. The number of nitrogens with zero attached hydrogens (tertiary/aromatic N) is 1. The summed E-state index contributed by atoms with van der Waals surface area (Å²) in [5.41, 5.74) is 4.46. The Balaban J connectivity index is 1.38. The molecule has 0 radical (unpaired) electrons. The smallest absolute Gasteiger partial charge is 0.388 e. The number of halogens is 5. The lowest BCUT2D eigenvalue weighted by molar-refractivity contribution is -0.137. The summed E-state index contributed by atoms with van der Waals surface area (Å²) in [5, 5.41) is 11.6. The SMILES string of the molecule is OC1CC(COCc2ccccc2)Cc2nc(C3CCCC3)c(CC(F)c3ccc(C(F)(F)F)cc3)c(-c3ccc(F)cc3)c21. The molecule has 4 aromatic rings. The van der Waals surface area contributed by atoms with Crippen LogP contribution in [0.15, 0.2) is 78.9 Å². The molecule has 1 aromatic heterocycles. The summed E-state index contributed by atoms with van der Waals surface area (Å²) in [7, 11) is 0. The highest BCUT2D eigenvalue weighted by Gasteiger charge is 2.36. The van der Waals surface area contributed by atoms with E-state index in [0.29, 0.717) is 48.3 Å². The van der Waals surface area contributed by atoms with Gasteiger partial charge in [-0.15, -0.1) is 0 Å². The van der Waals surface area contributed by atoms with Gasteiger partial charge in [0.2, 0.25) is 0 Å². The lowest BCUT2D eigenvalue weighted by atomic mass is 9.77. The van der Waals surface area contributed by atoms with Crippen LogP contribution in [0, 0.1) is 11.7 Å². The molecule has 0 saturated heterocycles. The Labute approximate surface area is 260 Å². The number of aliphatic hydroxyl groups is 1. The lowest BCUT2D eigenvalue weighted by Gasteiger charge is -2.33. The van der Waals surface area contributed by atoms with Gasteiger partial charge in [-0.2, -0.15) is 13.2 Å². The van der Waals surface area contributed by atoms with E-state index in [9.17, 15) is 22.7 Å². The fourth-order valence-corrected chi connectivity index (χ4v) is 6.93. The van der Waals surface area contributed by atoms with Crippen molar-refractivity contribution in [1.29, 1.82) is 0 Å². The van der Waals surface area contributed by atoms with E-state index < -0.39 is 29.8 Å². The molecule has 8 heteroatoms. The molecule has 0 aliphatic heterocycles. The van der Waals surface area contributed by atoms with E-state index in [1.807, 2.05) is 30.3 Å². The van der Waals surface area contributed by atoms with Gasteiger partial charge in [0.25, 0.3) is 0 Å². The highest BCUT2D eigenvalue weighted by molar-refractivity contribution is 5.74. The van der Waals surface area contributed by atoms with Crippen LogP contribution in [-0.4, -0.2) is 16.7 Å². The zero-order valence-corrected chi connectivity index (χ0v) is 24.9. The van der Waals surface area contributed by atoms with Gasteiger partial charge in [-0.3, -0.25) is 4.98 Å². The van der Waals surface area contributed by atoms with Gasteiger partial charge in [0.05, 0.1) is 24.9 Å². The summed E-state index contributed by atoms with van der Waals surface area (Å²) in [6, 6.07) is 20.0. The predicted molar refractivity (Wildman–Crippen MR) is 163 cm³/mol. The minimum absolute atomic E-state index is 0.0214. The van der Waals surface area contributed by atoms with Crippen LogP contribution in [0.1, 0.15) is 89.5 Å². The molecule has 6 rings (SSSR count). The number of hydrogen-bond donors (Lipinski definition) is 1. The average Bonchev–Trinajstić information content (AvgIpc) is 3.57. The van der Waals surface area contributed by atoms with Gasteiger partial charge in [0.1, 0.15) is 12.0 Å². The summed E-state index contributed by atoms with van der Waals surface area (Å²) < 4.78 is 75.7. The fourth-order valence-electron chi connectivity index (χ4n) is 6.93. The van der Waals surface area contributed by atoms with Gasteiger partial charge in [-0.05, 0) is 83.7 Å². The Morgan fingerprint density at radius 3 is 2.27 bits per heavy atom. The molecule has 3 atom stereocenters. The molecule has 0 spiro atoms. The zero-order chi connectivity index (χ0) is 31.6. The quantitative estimate of drug-likeness (QED) is 0.189. The first-order valence-electron chi connectivity index (χ1n) is 15.6. The fraction of sp³-hybridized carbons (Fsp3) is 0.378. The third kappa shape index (κ3) is 7.12. The van der Waals surface area contributed by atoms with E-state index in [-0.39, 0.29) is 23.8 Å². The maximum absolute atomic E-state index is 16.1. The third-order valence-electron chi connectivity index (χ3n) is 9.14. The van der Waals surface area contributed by atoms with E-state index >= 15 is 4.39 Å². The minimum atomic E-state index is -4.52. The van der Waals surface area contributed by atoms with E-state index in [2.05, 4.69) is 0 Å². The number of ether oxygens (including phenoxy) is 1. The average molecular weight is 622 g/mol. The molecule has 3 unspecified atom stereocenters. The van der Waals surface area contributed by atoms with Crippen molar-refractivity contribution in [2.24, 2.45) is 5.92 Å². The first-order valence-corrected chi connectivity index (χ1v) is 15.6. The second-order valence-electron chi connectivity index (χ2n) is 12.3. The maximum Gasteiger partial charge on any atom is 0.416 e. The molecule has 236 valence electrons. The standard InChI is InChI=1S/C37H36F5NO2/c38-29-16-12-26(13-17-29)34-30(20-31(39)25-10-14-28(15-11-25)37(40,41)42)36(27-8-4-5-9-27)43-32-18-24(19-33(44)35(32)34)22-45-21-23-6-2-1-3-7-23/h1-3,6-7,10-17,24,27,31,33,44H,4-5,8-9,18-22H2. The van der Waals surface area contributed by atoms with Crippen molar-refractivity contribution in [1.82, 2.24) is 4.98 Å². The molecule has 1 N–H and O–H groups in total. The van der Waals surface area contributed by atoms with Crippen LogP contribution in [0.3, 0.4) is 0 Å². The molecule has 2 aliphatic rings. The molecular formula is C37H36F5NO2.